The van der Waals surface area contributed by atoms with Crippen LogP contribution in [0.3, 0.4) is 0 Å². The molecule has 0 heterocycles. The molecule has 0 bridgehead atoms. The Labute approximate surface area is 238 Å². The third kappa shape index (κ3) is 9.30. The summed E-state index contributed by atoms with van der Waals surface area (Å²) in [7, 11) is 0. The van der Waals surface area contributed by atoms with Crippen molar-refractivity contribution in [1.82, 2.24) is 0 Å². The number of carbonyl (C=O) groups excluding carboxylic acids is 4. The molecular formula is C30H24F2O10. The van der Waals surface area contributed by atoms with E-state index in [0.29, 0.717) is 0 Å². The Bertz CT molecular complexity index is 1360. The first kappa shape index (κ1) is 31.0. The minimum Gasteiger partial charge on any atom is -0.490 e. The quantitative estimate of drug-likeness (QED) is 0.115. The highest BCUT2D eigenvalue weighted by Gasteiger charge is 2.17. The summed E-state index contributed by atoms with van der Waals surface area (Å²) in [6.45, 7) is 6.29. The van der Waals surface area contributed by atoms with Crippen LogP contribution in [-0.2, 0) is 19.1 Å². The number of hydrogen-bond acceptors (Lipinski definition) is 10. The highest BCUT2D eigenvalue weighted by Crippen LogP contribution is 2.23. The Balaban J connectivity index is 1.51. The summed E-state index contributed by atoms with van der Waals surface area (Å²) >= 11 is 0. The lowest BCUT2D eigenvalue weighted by atomic mass is 10.2. The third-order valence-electron chi connectivity index (χ3n) is 5.09. The summed E-state index contributed by atoms with van der Waals surface area (Å²) in [5, 5.41) is 0. The Morgan fingerprint density at radius 3 is 1.26 bits per heavy atom. The predicted molar refractivity (Wildman–Crippen MR) is 142 cm³/mol. The lowest BCUT2D eigenvalue weighted by Gasteiger charge is -2.10. The largest absolute Gasteiger partial charge is 0.490 e. The van der Waals surface area contributed by atoms with Gasteiger partial charge in [0.05, 0.1) is 11.1 Å². The van der Waals surface area contributed by atoms with Crippen molar-refractivity contribution in [1.29, 1.82) is 0 Å². The van der Waals surface area contributed by atoms with Gasteiger partial charge in [0.2, 0.25) is 0 Å². The molecule has 0 unspecified atom stereocenters. The van der Waals surface area contributed by atoms with Gasteiger partial charge >= 0.3 is 23.9 Å². The number of carbonyl (C=O) groups is 4. The average Bonchev–Trinajstić information content (AvgIpc) is 2.98. The van der Waals surface area contributed by atoms with Gasteiger partial charge in [-0.3, -0.25) is 0 Å². The Morgan fingerprint density at radius 2 is 0.929 bits per heavy atom. The van der Waals surface area contributed by atoms with E-state index in [4.69, 9.17) is 28.4 Å². The molecule has 0 saturated carbocycles. The van der Waals surface area contributed by atoms with Crippen LogP contribution in [0.25, 0.3) is 0 Å². The standard InChI is InChI=1S/C30H24F2O10/c1-3-27(33)39-15-13-37-21-9-11-23(25(31)17-21)29(35)41-19-5-7-20(8-6-19)42-30(36)24-12-10-22(18-26(24)32)38-14-16-40-28(34)4-2/h3-12,17-18H,1-2,13-16H2. The monoisotopic (exact) mass is 582 g/mol. The second kappa shape index (κ2) is 15.3. The summed E-state index contributed by atoms with van der Waals surface area (Å²) < 4.78 is 59.2. The van der Waals surface area contributed by atoms with Crippen LogP contribution in [-0.4, -0.2) is 50.3 Å². The van der Waals surface area contributed by atoms with Crippen molar-refractivity contribution in [2.75, 3.05) is 26.4 Å². The lowest BCUT2D eigenvalue weighted by molar-refractivity contribution is -0.139. The molecule has 0 amide bonds. The molecule has 10 nitrogen and oxygen atoms in total. The number of rotatable bonds is 14. The number of halogens is 2. The van der Waals surface area contributed by atoms with Crippen molar-refractivity contribution in [3.63, 3.8) is 0 Å². The van der Waals surface area contributed by atoms with Crippen LogP contribution in [0, 0.1) is 11.6 Å². The van der Waals surface area contributed by atoms with Gasteiger partial charge in [0.25, 0.3) is 0 Å². The van der Waals surface area contributed by atoms with Crippen LogP contribution < -0.4 is 18.9 Å². The molecule has 218 valence electrons. The first-order valence-corrected chi connectivity index (χ1v) is 12.2. The molecule has 0 radical (unpaired) electrons. The smallest absolute Gasteiger partial charge is 0.346 e. The van der Waals surface area contributed by atoms with E-state index in [1.54, 1.807) is 0 Å². The molecule has 0 aliphatic heterocycles. The minimum atomic E-state index is -0.994. The van der Waals surface area contributed by atoms with Gasteiger partial charge in [-0.2, -0.15) is 0 Å². The van der Waals surface area contributed by atoms with Crippen LogP contribution >= 0.6 is 0 Å². The second-order valence-electron chi connectivity index (χ2n) is 7.97. The second-order valence-corrected chi connectivity index (χ2v) is 7.97. The van der Waals surface area contributed by atoms with Crippen LogP contribution in [0.15, 0.2) is 86.0 Å². The zero-order valence-electron chi connectivity index (χ0n) is 22.0. The molecule has 0 saturated heterocycles. The van der Waals surface area contributed by atoms with Crippen LogP contribution in [0.2, 0.25) is 0 Å². The maximum absolute atomic E-state index is 14.4. The highest BCUT2D eigenvalue weighted by molar-refractivity contribution is 5.92. The van der Waals surface area contributed by atoms with E-state index in [2.05, 4.69) is 13.2 Å². The van der Waals surface area contributed by atoms with Gasteiger partial charge in [0.15, 0.2) is 0 Å². The van der Waals surface area contributed by atoms with Crippen molar-refractivity contribution in [2.24, 2.45) is 0 Å². The fourth-order valence-corrected chi connectivity index (χ4v) is 3.12. The first-order valence-electron chi connectivity index (χ1n) is 12.2. The molecule has 3 aromatic rings. The average molecular weight is 583 g/mol. The van der Waals surface area contributed by atoms with Gasteiger partial charge < -0.3 is 28.4 Å². The maximum Gasteiger partial charge on any atom is 0.346 e. The predicted octanol–water partition coefficient (Wildman–Crippen LogP) is 4.62. The Morgan fingerprint density at radius 1 is 0.571 bits per heavy atom. The first-order chi connectivity index (χ1) is 20.2. The molecule has 12 heteroatoms. The van der Waals surface area contributed by atoms with Crippen molar-refractivity contribution in [3.8, 4) is 23.0 Å². The van der Waals surface area contributed by atoms with Crippen molar-refractivity contribution >= 4 is 23.9 Å². The molecule has 3 aromatic carbocycles. The fraction of sp³-hybridized carbons (Fsp3) is 0.133. The molecule has 0 N–H and O–H groups in total. The molecule has 0 aliphatic rings. The molecule has 0 atom stereocenters. The SMILES string of the molecule is C=CC(=O)OCCOc1ccc(C(=O)Oc2ccc(OC(=O)c3ccc(OCCOC(=O)C=C)cc3F)cc2)c(F)c1. The zero-order valence-corrected chi connectivity index (χ0v) is 22.0. The molecule has 0 spiro atoms. The summed E-state index contributed by atoms with van der Waals surface area (Å²) in [5.74, 6) is -4.78. The van der Waals surface area contributed by atoms with Crippen molar-refractivity contribution < 1.29 is 56.4 Å². The highest BCUT2D eigenvalue weighted by atomic mass is 19.1. The van der Waals surface area contributed by atoms with E-state index in [-0.39, 0.29) is 60.6 Å². The molecular weight excluding hydrogens is 558 g/mol. The van der Waals surface area contributed by atoms with Gasteiger partial charge in [-0.05, 0) is 48.5 Å². The van der Waals surface area contributed by atoms with Crippen molar-refractivity contribution in [3.05, 3.63) is 109 Å². The Kier molecular flexibility index (Phi) is 11.3. The molecule has 0 aliphatic carbocycles. The van der Waals surface area contributed by atoms with Crippen LogP contribution in [0.5, 0.6) is 23.0 Å². The summed E-state index contributed by atoms with van der Waals surface area (Å²) in [6, 6.07) is 12.2. The minimum absolute atomic E-state index is 0.0232. The van der Waals surface area contributed by atoms with Gasteiger partial charge in [-0.1, -0.05) is 13.2 Å². The topological polar surface area (TPSA) is 124 Å². The number of ether oxygens (including phenoxy) is 6. The number of benzene rings is 3. The van der Waals surface area contributed by atoms with Gasteiger partial charge in [-0.25, -0.2) is 28.0 Å². The maximum atomic E-state index is 14.4. The van der Waals surface area contributed by atoms with E-state index in [1.165, 1.54) is 48.5 Å². The van der Waals surface area contributed by atoms with Crippen molar-refractivity contribution in [2.45, 2.75) is 0 Å². The van der Waals surface area contributed by atoms with Gasteiger partial charge in [0.1, 0.15) is 61.1 Å². The van der Waals surface area contributed by atoms with Crippen LogP contribution in [0.1, 0.15) is 20.7 Å². The Hall–Kier alpha value is -5.52. The number of esters is 4. The van der Waals surface area contributed by atoms with Gasteiger partial charge in [-0.15, -0.1) is 0 Å². The molecule has 3 rings (SSSR count). The summed E-state index contributed by atoms with van der Waals surface area (Å²) in [5.41, 5.74) is -0.728. The van der Waals surface area contributed by atoms with E-state index < -0.39 is 35.5 Å². The van der Waals surface area contributed by atoms with E-state index in [9.17, 15) is 28.0 Å². The van der Waals surface area contributed by atoms with Crippen LogP contribution in [0.4, 0.5) is 8.78 Å². The molecule has 42 heavy (non-hydrogen) atoms. The third-order valence-corrected chi connectivity index (χ3v) is 5.09. The number of hydrogen-bond donors (Lipinski definition) is 0. The normalized spacial score (nSPS) is 10.1. The molecule has 0 aromatic heterocycles. The zero-order chi connectivity index (χ0) is 30.5. The fourth-order valence-electron chi connectivity index (χ4n) is 3.12. The lowest BCUT2D eigenvalue weighted by Crippen LogP contribution is -2.13. The van der Waals surface area contributed by atoms with E-state index in [0.717, 1.165) is 24.3 Å². The van der Waals surface area contributed by atoms with E-state index in [1.807, 2.05) is 0 Å². The summed E-state index contributed by atoms with van der Waals surface area (Å²) in [6.07, 6.45) is 1.99. The molecule has 0 fully saturated rings. The van der Waals surface area contributed by atoms with E-state index >= 15 is 0 Å². The summed E-state index contributed by atoms with van der Waals surface area (Å²) in [4.78, 5) is 46.8. The van der Waals surface area contributed by atoms with Gasteiger partial charge in [0, 0.05) is 24.3 Å².